The van der Waals surface area contributed by atoms with Crippen LogP contribution in [0.1, 0.15) is 35.4 Å². The van der Waals surface area contributed by atoms with Gasteiger partial charge in [-0.1, -0.05) is 35.9 Å². The van der Waals surface area contributed by atoms with Gasteiger partial charge in [0.25, 0.3) is 0 Å². The van der Waals surface area contributed by atoms with E-state index in [9.17, 15) is 4.39 Å². The molecule has 2 aliphatic heterocycles. The molecule has 146 valence electrons. The van der Waals surface area contributed by atoms with Crippen LogP contribution in [0.15, 0.2) is 71.8 Å². The summed E-state index contributed by atoms with van der Waals surface area (Å²) in [4.78, 5) is 0. The van der Waals surface area contributed by atoms with E-state index in [0.29, 0.717) is 11.4 Å². The van der Waals surface area contributed by atoms with Gasteiger partial charge in [0.05, 0.1) is 24.4 Å². The summed E-state index contributed by atoms with van der Waals surface area (Å²) in [7, 11) is 1.64. The Morgan fingerprint density at radius 3 is 2.66 bits per heavy atom. The summed E-state index contributed by atoms with van der Waals surface area (Å²) in [5, 5.41) is 7.48. The Kier molecular flexibility index (Phi) is 4.40. The van der Waals surface area contributed by atoms with Crippen LogP contribution in [0.4, 0.5) is 4.39 Å². The van der Waals surface area contributed by atoms with E-state index in [4.69, 9.17) is 26.2 Å². The first-order valence-electron chi connectivity index (χ1n) is 9.35. The van der Waals surface area contributed by atoms with Gasteiger partial charge in [-0.2, -0.15) is 5.10 Å². The molecule has 0 fully saturated rings. The molecule has 0 unspecified atom stereocenters. The number of hydrazone groups is 1. The summed E-state index contributed by atoms with van der Waals surface area (Å²) >= 11 is 6.27. The third-order valence-corrected chi connectivity index (χ3v) is 5.57. The Morgan fingerprint density at radius 2 is 1.86 bits per heavy atom. The lowest BCUT2D eigenvalue weighted by Crippen LogP contribution is -2.33. The fourth-order valence-corrected chi connectivity index (χ4v) is 4.13. The molecule has 0 N–H and O–H groups in total. The first kappa shape index (κ1) is 18.0. The zero-order chi connectivity index (χ0) is 20.0. The van der Waals surface area contributed by atoms with Gasteiger partial charge in [0, 0.05) is 17.0 Å². The van der Waals surface area contributed by atoms with Crippen LogP contribution >= 0.6 is 11.6 Å². The number of para-hydroxylation sites is 1. The Morgan fingerprint density at radius 1 is 1.07 bits per heavy atom. The van der Waals surface area contributed by atoms with Gasteiger partial charge in [-0.05, 0) is 48.0 Å². The van der Waals surface area contributed by atoms with Gasteiger partial charge in [-0.25, -0.2) is 9.40 Å². The first-order valence-corrected chi connectivity index (χ1v) is 9.72. The molecule has 0 aromatic heterocycles. The maximum Gasteiger partial charge on any atom is 0.217 e. The summed E-state index contributed by atoms with van der Waals surface area (Å²) < 4.78 is 25.3. The summed E-state index contributed by atoms with van der Waals surface area (Å²) in [6.07, 6.45) is 0.233. The van der Waals surface area contributed by atoms with Crippen LogP contribution in [0.3, 0.4) is 0 Å². The molecule has 2 heterocycles. The summed E-state index contributed by atoms with van der Waals surface area (Å²) in [6, 6.07) is 19.8. The average molecular weight is 409 g/mol. The zero-order valence-electron chi connectivity index (χ0n) is 15.7. The maximum absolute atomic E-state index is 13.4. The number of ether oxygens (including phenoxy) is 2. The van der Waals surface area contributed by atoms with Crippen LogP contribution < -0.4 is 9.47 Å². The Balaban J connectivity index is 1.62. The number of halogens is 2. The molecule has 0 radical (unpaired) electrons. The molecule has 3 aromatic rings. The third-order valence-electron chi connectivity index (χ3n) is 5.33. The van der Waals surface area contributed by atoms with Crippen molar-refractivity contribution in [2.45, 2.75) is 18.7 Å². The summed E-state index contributed by atoms with van der Waals surface area (Å²) in [5.74, 6) is 1.25. The van der Waals surface area contributed by atoms with E-state index in [-0.39, 0.29) is 11.9 Å². The van der Waals surface area contributed by atoms with Crippen molar-refractivity contribution in [1.29, 1.82) is 0 Å². The molecule has 6 heteroatoms. The van der Waals surface area contributed by atoms with Gasteiger partial charge in [0.15, 0.2) is 0 Å². The van der Waals surface area contributed by atoms with Crippen molar-refractivity contribution in [3.63, 3.8) is 0 Å². The lowest BCUT2D eigenvalue weighted by Gasteiger charge is -2.38. The quantitative estimate of drug-likeness (QED) is 0.555. The largest absolute Gasteiger partial charge is 0.496 e. The standard InChI is InChI=1S/C23H18ClFN2O2/c1-28-21-5-3-2-4-17(21)23-27-20(18-12-15(24)8-11-22(18)29-23)13-19(26-27)14-6-9-16(25)10-7-14/h2-12,20,23H,13H2,1H3/t20-,23+/m0/s1. The van der Waals surface area contributed by atoms with Crippen LogP contribution in [0.5, 0.6) is 11.5 Å². The van der Waals surface area contributed by atoms with Crippen LogP contribution in [0, 0.1) is 5.82 Å². The second-order valence-corrected chi connectivity index (χ2v) is 7.48. The van der Waals surface area contributed by atoms with Crippen molar-refractivity contribution >= 4 is 17.3 Å². The average Bonchev–Trinajstić information content (AvgIpc) is 3.19. The number of methoxy groups -OCH3 is 1. The Labute approximate surface area is 173 Å². The van der Waals surface area contributed by atoms with E-state index in [1.54, 1.807) is 19.2 Å². The predicted octanol–water partition coefficient (Wildman–Crippen LogP) is 5.73. The van der Waals surface area contributed by atoms with Gasteiger partial charge in [0.1, 0.15) is 17.3 Å². The SMILES string of the molecule is COc1ccccc1[C@H]1Oc2ccc(Cl)cc2[C@@H]2CC(c3ccc(F)cc3)=NN12. The lowest BCUT2D eigenvalue weighted by molar-refractivity contribution is -0.0203. The summed E-state index contributed by atoms with van der Waals surface area (Å²) in [5.41, 5.74) is 3.66. The molecule has 0 amide bonds. The van der Waals surface area contributed by atoms with E-state index in [1.807, 2.05) is 47.5 Å². The van der Waals surface area contributed by atoms with Gasteiger partial charge in [0.2, 0.25) is 6.23 Å². The van der Waals surface area contributed by atoms with Gasteiger partial charge >= 0.3 is 0 Å². The number of nitrogens with zero attached hydrogens (tertiary/aromatic N) is 2. The monoisotopic (exact) mass is 408 g/mol. The van der Waals surface area contributed by atoms with Crippen molar-refractivity contribution in [3.8, 4) is 11.5 Å². The number of hydrogen-bond acceptors (Lipinski definition) is 4. The van der Waals surface area contributed by atoms with Gasteiger partial charge < -0.3 is 9.47 Å². The molecular formula is C23H18ClFN2O2. The topological polar surface area (TPSA) is 34.1 Å². The van der Waals surface area contributed by atoms with Crippen LogP contribution in [0.2, 0.25) is 5.02 Å². The molecule has 4 nitrogen and oxygen atoms in total. The highest BCUT2D eigenvalue weighted by atomic mass is 35.5. The molecule has 0 spiro atoms. The van der Waals surface area contributed by atoms with E-state index in [2.05, 4.69) is 0 Å². The number of benzene rings is 3. The Bertz CT molecular complexity index is 1100. The van der Waals surface area contributed by atoms with E-state index < -0.39 is 6.23 Å². The molecule has 29 heavy (non-hydrogen) atoms. The minimum absolute atomic E-state index is 0.0348. The normalized spacial score (nSPS) is 19.8. The lowest BCUT2D eigenvalue weighted by atomic mass is 9.96. The van der Waals surface area contributed by atoms with Gasteiger partial charge in [-0.3, -0.25) is 0 Å². The molecule has 0 saturated heterocycles. The number of hydrogen-bond donors (Lipinski definition) is 0. The second kappa shape index (κ2) is 7.08. The van der Waals surface area contributed by atoms with Crippen LogP contribution in [0.25, 0.3) is 0 Å². The van der Waals surface area contributed by atoms with Crippen molar-refractivity contribution in [2.24, 2.45) is 5.10 Å². The third kappa shape index (κ3) is 3.12. The fourth-order valence-electron chi connectivity index (χ4n) is 3.95. The highest BCUT2D eigenvalue weighted by molar-refractivity contribution is 6.30. The van der Waals surface area contributed by atoms with Gasteiger partial charge in [-0.15, -0.1) is 0 Å². The number of fused-ring (bicyclic) bond motifs is 3. The molecular weight excluding hydrogens is 391 g/mol. The minimum atomic E-state index is -0.442. The van der Waals surface area contributed by atoms with Crippen LogP contribution in [-0.2, 0) is 0 Å². The highest BCUT2D eigenvalue weighted by Crippen LogP contribution is 2.49. The van der Waals surface area contributed by atoms with E-state index in [1.165, 1.54) is 12.1 Å². The predicted molar refractivity (Wildman–Crippen MR) is 110 cm³/mol. The molecule has 2 aliphatic rings. The smallest absolute Gasteiger partial charge is 0.217 e. The van der Waals surface area contributed by atoms with E-state index in [0.717, 1.165) is 33.9 Å². The van der Waals surface area contributed by atoms with Crippen LogP contribution in [-0.4, -0.2) is 17.8 Å². The van der Waals surface area contributed by atoms with Crippen molar-refractivity contribution in [1.82, 2.24) is 5.01 Å². The molecule has 3 aromatic carbocycles. The summed E-state index contributed by atoms with van der Waals surface area (Å²) in [6.45, 7) is 0. The molecule has 0 bridgehead atoms. The highest BCUT2D eigenvalue weighted by Gasteiger charge is 2.42. The molecule has 2 atom stereocenters. The van der Waals surface area contributed by atoms with Crippen molar-refractivity contribution in [3.05, 3.63) is 94.3 Å². The second-order valence-electron chi connectivity index (χ2n) is 7.05. The Hall–Kier alpha value is -3.05. The van der Waals surface area contributed by atoms with Crippen molar-refractivity contribution < 1.29 is 13.9 Å². The van der Waals surface area contributed by atoms with Crippen molar-refractivity contribution in [2.75, 3.05) is 7.11 Å². The minimum Gasteiger partial charge on any atom is -0.496 e. The molecule has 0 aliphatic carbocycles. The number of rotatable bonds is 3. The first-order chi connectivity index (χ1) is 14.1. The molecule has 0 saturated carbocycles. The van der Waals surface area contributed by atoms with E-state index >= 15 is 0 Å². The maximum atomic E-state index is 13.4. The zero-order valence-corrected chi connectivity index (χ0v) is 16.4. The fraction of sp³-hybridized carbons (Fsp3) is 0.174. The molecule has 5 rings (SSSR count).